The van der Waals surface area contributed by atoms with Crippen LogP contribution in [0.2, 0.25) is 0 Å². The van der Waals surface area contributed by atoms with E-state index in [9.17, 15) is 9.59 Å². The van der Waals surface area contributed by atoms with Gasteiger partial charge in [0, 0.05) is 13.6 Å². The SMILES string of the molecule is COC(=O)CN(C)C(=O)C1(CN)CCCC1. The summed E-state index contributed by atoms with van der Waals surface area (Å²) in [5.74, 6) is -0.432. The minimum absolute atomic E-state index is 0.00289. The average molecular weight is 228 g/mol. The third kappa shape index (κ3) is 2.52. The lowest BCUT2D eigenvalue weighted by molar-refractivity contribution is -0.150. The van der Waals surface area contributed by atoms with Crippen molar-refractivity contribution in [2.24, 2.45) is 11.1 Å². The first-order chi connectivity index (χ1) is 7.55. The van der Waals surface area contributed by atoms with Gasteiger partial charge in [-0.1, -0.05) is 12.8 Å². The van der Waals surface area contributed by atoms with Gasteiger partial charge in [-0.3, -0.25) is 9.59 Å². The van der Waals surface area contributed by atoms with Crippen LogP contribution in [0.15, 0.2) is 0 Å². The van der Waals surface area contributed by atoms with E-state index in [4.69, 9.17) is 5.73 Å². The highest BCUT2D eigenvalue weighted by Gasteiger charge is 2.41. The Bertz CT molecular complexity index is 272. The van der Waals surface area contributed by atoms with Gasteiger partial charge in [0.15, 0.2) is 0 Å². The van der Waals surface area contributed by atoms with Gasteiger partial charge in [0.1, 0.15) is 6.54 Å². The van der Waals surface area contributed by atoms with E-state index in [0.717, 1.165) is 25.7 Å². The lowest BCUT2D eigenvalue weighted by atomic mass is 9.85. The molecule has 0 heterocycles. The second kappa shape index (κ2) is 5.30. The minimum Gasteiger partial charge on any atom is -0.468 e. The van der Waals surface area contributed by atoms with E-state index < -0.39 is 11.4 Å². The molecule has 0 unspecified atom stereocenters. The molecule has 1 amide bonds. The van der Waals surface area contributed by atoms with Crippen LogP contribution in [0.1, 0.15) is 25.7 Å². The molecule has 1 aliphatic carbocycles. The Morgan fingerprint density at radius 2 is 1.94 bits per heavy atom. The molecule has 1 aliphatic rings. The monoisotopic (exact) mass is 228 g/mol. The van der Waals surface area contributed by atoms with Crippen LogP contribution in [0.3, 0.4) is 0 Å². The fraction of sp³-hybridized carbons (Fsp3) is 0.818. The van der Waals surface area contributed by atoms with Crippen molar-refractivity contribution < 1.29 is 14.3 Å². The maximum absolute atomic E-state index is 12.2. The highest BCUT2D eigenvalue weighted by Crippen LogP contribution is 2.38. The standard InChI is InChI=1S/C11H20N2O3/c1-13(7-9(14)16-2)10(15)11(8-12)5-3-4-6-11/h3-8,12H2,1-2H3. The molecule has 1 saturated carbocycles. The average Bonchev–Trinajstić information content (AvgIpc) is 2.77. The molecule has 0 saturated heterocycles. The molecule has 0 atom stereocenters. The Kier molecular flexibility index (Phi) is 4.29. The van der Waals surface area contributed by atoms with Crippen molar-refractivity contribution in [2.75, 3.05) is 27.2 Å². The molecular weight excluding hydrogens is 208 g/mol. The summed E-state index contributed by atoms with van der Waals surface area (Å²) in [6.45, 7) is 0.356. The molecule has 0 radical (unpaired) electrons. The van der Waals surface area contributed by atoms with Crippen LogP contribution in [0.25, 0.3) is 0 Å². The smallest absolute Gasteiger partial charge is 0.325 e. The minimum atomic E-state index is -0.442. The number of rotatable bonds is 4. The lowest BCUT2D eigenvalue weighted by Gasteiger charge is -2.30. The van der Waals surface area contributed by atoms with Gasteiger partial charge in [0.2, 0.25) is 5.91 Å². The van der Waals surface area contributed by atoms with Crippen molar-refractivity contribution in [3.63, 3.8) is 0 Å². The molecule has 0 aromatic heterocycles. The van der Waals surface area contributed by atoms with Gasteiger partial charge in [0.05, 0.1) is 12.5 Å². The van der Waals surface area contributed by atoms with E-state index in [1.165, 1.54) is 12.0 Å². The summed E-state index contributed by atoms with van der Waals surface area (Å²) in [5.41, 5.74) is 5.27. The summed E-state index contributed by atoms with van der Waals surface area (Å²) in [4.78, 5) is 24.7. The van der Waals surface area contributed by atoms with E-state index in [1.807, 2.05) is 0 Å². The summed E-state index contributed by atoms with van der Waals surface area (Å²) in [7, 11) is 2.93. The van der Waals surface area contributed by atoms with Gasteiger partial charge < -0.3 is 15.4 Å². The van der Waals surface area contributed by atoms with Gasteiger partial charge in [-0.15, -0.1) is 0 Å². The van der Waals surface area contributed by atoms with Crippen LogP contribution < -0.4 is 5.73 Å². The molecule has 5 heteroatoms. The number of hydrogen-bond acceptors (Lipinski definition) is 4. The van der Waals surface area contributed by atoms with E-state index >= 15 is 0 Å². The lowest BCUT2D eigenvalue weighted by Crippen LogP contribution is -2.46. The summed E-state index contributed by atoms with van der Waals surface area (Å²) in [6, 6.07) is 0. The first kappa shape index (κ1) is 13.0. The summed E-state index contributed by atoms with van der Waals surface area (Å²) in [6.07, 6.45) is 3.73. The molecule has 0 aromatic carbocycles. The van der Waals surface area contributed by atoms with Crippen molar-refractivity contribution in [2.45, 2.75) is 25.7 Å². The Morgan fingerprint density at radius 1 is 1.38 bits per heavy atom. The molecule has 0 aromatic rings. The summed E-state index contributed by atoms with van der Waals surface area (Å²) < 4.78 is 4.54. The molecule has 0 aliphatic heterocycles. The fourth-order valence-corrected chi connectivity index (χ4v) is 2.29. The predicted molar refractivity (Wildman–Crippen MR) is 59.6 cm³/mol. The number of ether oxygens (including phenoxy) is 1. The van der Waals surface area contributed by atoms with E-state index in [1.54, 1.807) is 7.05 Å². The number of carbonyl (C=O) groups excluding carboxylic acids is 2. The number of amides is 1. The van der Waals surface area contributed by atoms with Crippen LogP contribution in [0, 0.1) is 5.41 Å². The predicted octanol–water partition coefficient (Wildman–Crippen LogP) is 0.137. The van der Waals surface area contributed by atoms with E-state index in [2.05, 4.69) is 4.74 Å². The second-order valence-corrected chi connectivity index (χ2v) is 4.43. The summed E-state index contributed by atoms with van der Waals surface area (Å²) >= 11 is 0. The molecular formula is C11H20N2O3. The molecule has 92 valence electrons. The van der Waals surface area contributed by atoms with Crippen LogP contribution in [0.4, 0.5) is 0 Å². The highest BCUT2D eigenvalue weighted by molar-refractivity contribution is 5.86. The number of nitrogens with two attached hydrogens (primary N) is 1. The number of nitrogens with zero attached hydrogens (tertiary/aromatic N) is 1. The maximum Gasteiger partial charge on any atom is 0.325 e. The zero-order chi connectivity index (χ0) is 12.2. The highest BCUT2D eigenvalue weighted by atomic mass is 16.5. The second-order valence-electron chi connectivity index (χ2n) is 4.43. The quantitative estimate of drug-likeness (QED) is 0.694. The molecule has 16 heavy (non-hydrogen) atoms. The molecule has 1 rings (SSSR count). The zero-order valence-electron chi connectivity index (χ0n) is 9.99. The van der Waals surface area contributed by atoms with Crippen molar-refractivity contribution in [3.05, 3.63) is 0 Å². The number of hydrogen-bond donors (Lipinski definition) is 1. The number of esters is 1. The van der Waals surface area contributed by atoms with Crippen LogP contribution in [0.5, 0.6) is 0 Å². The normalized spacial score (nSPS) is 18.2. The Morgan fingerprint density at radius 3 is 2.38 bits per heavy atom. The maximum atomic E-state index is 12.2. The fourth-order valence-electron chi connectivity index (χ4n) is 2.29. The Balaban J connectivity index is 2.64. The van der Waals surface area contributed by atoms with Crippen LogP contribution in [-0.4, -0.2) is 44.0 Å². The van der Waals surface area contributed by atoms with E-state index in [-0.39, 0.29) is 12.5 Å². The van der Waals surface area contributed by atoms with E-state index in [0.29, 0.717) is 6.54 Å². The van der Waals surface area contributed by atoms with Gasteiger partial charge in [-0.2, -0.15) is 0 Å². The Labute approximate surface area is 95.9 Å². The third-order valence-corrected chi connectivity index (χ3v) is 3.35. The van der Waals surface area contributed by atoms with Gasteiger partial charge in [0.25, 0.3) is 0 Å². The number of carbonyl (C=O) groups is 2. The topological polar surface area (TPSA) is 72.6 Å². The van der Waals surface area contributed by atoms with Crippen molar-refractivity contribution >= 4 is 11.9 Å². The summed E-state index contributed by atoms with van der Waals surface area (Å²) in [5, 5.41) is 0. The first-order valence-electron chi connectivity index (χ1n) is 5.58. The van der Waals surface area contributed by atoms with Crippen molar-refractivity contribution in [3.8, 4) is 0 Å². The van der Waals surface area contributed by atoms with Crippen LogP contribution >= 0.6 is 0 Å². The molecule has 0 bridgehead atoms. The van der Waals surface area contributed by atoms with Gasteiger partial charge in [-0.25, -0.2) is 0 Å². The molecule has 2 N–H and O–H groups in total. The van der Waals surface area contributed by atoms with Crippen LogP contribution in [-0.2, 0) is 14.3 Å². The molecule has 1 fully saturated rings. The van der Waals surface area contributed by atoms with Crippen molar-refractivity contribution in [1.82, 2.24) is 4.90 Å². The van der Waals surface area contributed by atoms with Gasteiger partial charge in [-0.05, 0) is 12.8 Å². The number of methoxy groups -OCH3 is 1. The third-order valence-electron chi connectivity index (χ3n) is 3.35. The Hall–Kier alpha value is -1.10. The zero-order valence-corrected chi connectivity index (χ0v) is 9.99. The molecule has 5 nitrogen and oxygen atoms in total. The van der Waals surface area contributed by atoms with Crippen molar-refractivity contribution in [1.29, 1.82) is 0 Å². The molecule has 0 spiro atoms. The largest absolute Gasteiger partial charge is 0.468 e. The first-order valence-corrected chi connectivity index (χ1v) is 5.58. The number of likely N-dealkylation sites (N-methyl/N-ethyl adjacent to an activating group) is 1. The van der Waals surface area contributed by atoms with Gasteiger partial charge >= 0.3 is 5.97 Å².